The van der Waals surface area contributed by atoms with Gasteiger partial charge in [-0.05, 0) is 30.2 Å². The molecule has 0 radical (unpaired) electrons. The molecule has 0 amide bonds. The van der Waals surface area contributed by atoms with Crippen molar-refractivity contribution < 1.29 is 13.5 Å². The number of ether oxygens (including phenoxy) is 1. The van der Waals surface area contributed by atoms with Gasteiger partial charge in [0.1, 0.15) is 5.75 Å². The zero-order valence-corrected chi connectivity index (χ0v) is 9.47. The fourth-order valence-electron chi connectivity index (χ4n) is 1.36. The highest BCUT2D eigenvalue weighted by molar-refractivity contribution is 6.30. The van der Waals surface area contributed by atoms with Crippen molar-refractivity contribution in [2.24, 2.45) is 5.84 Å². The topological polar surface area (TPSA) is 47.3 Å². The van der Waals surface area contributed by atoms with Crippen LogP contribution in [0.5, 0.6) is 5.75 Å². The lowest BCUT2D eigenvalue weighted by Gasteiger charge is -2.16. The van der Waals surface area contributed by atoms with Gasteiger partial charge in [-0.2, -0.15) is 0 Å². The van der Waals surface area contributed by atoms with E-state index in [1.165, 1.54) is 7.11 Å². The molecule has 0 saturated carbocycles. The highest BCUT2D eigenvalue weighted by Gasteiger charge is 2.20. The fraction of sp³-hybridized carbons (Fsp3) is 0.400. The first-order valence-corrected chi connectivity index (χ1v) is 5.03. The molecule has 0 aliphatic carbocycles. The monoisotopic (exact) mass is 250 g/mol. The average Bonchev–Trinajstić information content (AvgIpc) is 2.25. The molecule has 1 aromatic carbocycles. The molecule has 1 atom stereocenters. The number of hydrogen-bond acceptors (Lipinski definition) is 3. The number of methoxy groups -OCH3 is 1. The molecule has 1 aromatic rings. The van der Waals surface area contributed by atoms with Crippen molar-refractivity contribution in [3.63, 3.8) is 0 Å². The van der Waals surface area contributed by atoms with Gasteiger partial charge in [-0.3, -0.25) is 11.3 Å². The molecule has 3 N–H and O–H groups in total. The Hall–Kier alpha value is -0.910. The second-order valence-corrected chi connectivity index (χ2v) is 3.70. The fourth-order valence-corrected chi connectivity index (χ4v) is 1.56. The molecular formula is C10H13ClF2N2O. The summed E-state index contributed by atoms with van der Waals surface area (Å²) in [6, 6.07) is 3.74. The standard InChI is InChI=1S/C10H13ClF2N2O/c1-16-9-3-2-7(11)4-6(9)5-8(15-14)10(12)13/h2-4,8,10,15H,5,14H2,1H3. The lowest BCUT2D eigenvalue weighted by molar-refractivity contribution is 0.0981. The molecule has 0 bridgehead atoms. The van der Waals surface area contributed by atoms with E-state index in [9.17, 15) is 8.78 Å². The van der Waals surface area contributed by atoms with Gasteiger partial charge in [-0.25, -0.2) is 8.78 Å². The van der Waals surface area contributed by atoms with Crippen LogP contribution in [0.3, 0.4) is 0 Å². The van der Waals surface area contributed by atoms with Crippen LogP contribution in [-0.4, -0.2) is 19.6 Å². The van der Waals surface area contributed by atoms with Gasteiger partial charge in [0, 0.05) is 5.02 Å². The predicted octanol–water partition coefficient (Wildman–Crippen LogP) is 1.99. The van der Waals surface area contributed by atoms with Gasteiger partial charge in [0.15, 0.2) is 0 Å². The van der Waals surface area contributed by atoms with Crippen LogP contribution in [0.25, 0.3) is 0 Å². The van der Waals surface area contributed by atoms with Crippen molar-refractivity contribution in [1.29, 1.82) is 0 Å². The summed E-state index contributed by atoms with van der Waals surface area (Å²) in [5.74, 6) is 5.57. The highest BCUT2D eigenvalue weighted by Crippen LogP contribution is 2.24. The van der Waals surface area contributed by atoms with E-state index in [-0.39, 0.29) is 6.42 Å². The summed E-state index contributed by atoms with van der Waals surface area (Å²) in [6.45, 7) is 0. The Morgan fingerprint density at radius 1 is 1.50 bits per heavy atom. The maximum atomic E-state index is 12.5. The third kappa shape index (κ3) is 3.30. The summed E-state index contributed by atoms with van der Waals surface area (Å²) in [5, 5.41) is 0.473. The minimum absolute atomic E-state index is 0.0535. The van der Waals surface area contributed by atoms with E-state index in [4.69, 9.17) is 22.2 Å². The van der Waals surface area contributed by atoms with Gasteiger partial charge < -0.3 is 4.74 Å². The van der Waals surface area contributed by atoms with Crippen molar-refractivity contribution in [3.8, 4) is 5.75 Å². The largest absolute Gasteiger partial charge is 0.496 e. The summed E-state index contributed by atoms with van der Waals surface area (Å²) in [5.41, 5.74) is 2.67. The van der Waals surface area contributed by atoms with Gasteiger partial charge >= 0.3 is 0 Å². The van der Waals surface area contributed by atoms with Gasteiger partial charge in [0.05, 0.1) is 13.2 Å². The number of benzene rings is 1. The molecule has 0 heterocycles. The van der Waals surface area contributed by atoms with Crippen molar-refractivity contribution in [2.75, 3.05) is 7.11 Å². The van der Waals surface area contributed by atoms with Crippen LogP contribution in [0.1, 0.15) is 5.56 Å². The normalized spacial score (nSPS) is 12.9. The summed E-state index contributed by atoms with van der Waals surface area (Å²) >= 11 is 5.79. The molecule has 90 valence electrons. The first kappa shape index (κ1) is 13.2. The van der Waals surface area contributed by atoms with Gasteiger partial charge in [-0.15, -0.1) is 0 Å². The number of hydrazine groups is 1. The van der Waals surface area contributed by atoms with Gasteiger partial charge in [0.2, 0.25) is 0 Å². The number of nitrogens with one attached hydrogen (secondary N) is 1. The quantitative estimate of drug-likeness (QED) is 0.621. The molecule has 6 heteroatoms. The van der Waals surface area contributed by atoms with Gasteiger partial charge in [0.25, 0.3) is 6.43 Å². The number of hydrogen-bond donors (Lipinski definition) is 2. The van der Waals surface area contributed by atoms with Crippen LogP contribution in [0.4, 0.5) is 8.78 Å². The van der Waals surface area contributed by atoms with Crippen LogP contribution in [0, 0.1) is 0 Å². The Bertz CT molecular complexity index is 350. The van der Waals surface area contributed by atoms with Crippen LogP contribution >= 0.6 is 11.6 Å². The van der Waals surface area contributed by atoms with E-state index in [1.807, 2.05) is 0 Å². The Balaban J connectivity index is 2.89. The first-order chi connectivity index (χ1) is 7.58. The molecule has 0 saturated heterocycles. The van der Waals surface area contributed by atoms with Crippen molar-refractivity contribution in [1.82, 2.24) is 5.43 Å². The van der Waals surface area contributed by atoms with E-state index < -0.39 is 12.5 Å². The predicted molar refractivity (Wildman–Crippen MR) is 58.8 cm³/mol. The molecule has 16 heavy (non-hydrogen) atoms. The Morgan fingerprint density at radius 2 is 2.19 bits per heavy atom. The van der Waals surface area contributed by atoms with Crippen molar-refractivity contribution >= 4 is 11.6 Å². The van der Waals surface area contributed by atoms with Crippen LogP contribution < -0.4 is 16.0 Å². The third-order valence-corrected chi connectivity index (χ3v) is 2.44. The lowest BCUT2D eigenvalue weighted by atomic mass is 10.1. The summed E-state index contributed by atoms with van der Waals surface area (Å²) in [6.07, 6.45) is -2.49. The maximum Gasteiger partial charge on any atom is 0.255 e. The molecular weight excluding hydrogens is 238 g/mol. The SMILES string of the molecule is COc1ccc(Cl)cc1CC(NN)C(F)F. The molecule has 3 nitrogen and oxygen atoms in total. The smallest absolute Gasteiger partial charge is 0.255 e. The minimum atomic E-state index is -2.55. The summed E-state index contributed by atoms with van der Waals surface area (Å²) in [7, 11) is 1.47. The first-order valence-electron chi connectivity index (χ1n) is 4.65. The zero-order chi connectivity index (χ0) is 12.1. The molecule has 0 fully saturated rings. The second kappa shape index (κ2) is 5.98. The molecule has 1 rings (SSSR count). The number of rotatable bonds is 5. The summed E-state index contributed by atoms with van der Waals surface area (Å²) < 4.78 is 30.1. The Labute approximate surface area is 97.5 Å². The number of alkyl halides is 2. The lowest BCUT2D eigenvalue weighted by Crippen LogP contribution is -2.42. The third-order valence-electron chi connectivity index (χ3n) is 2.20. The van der Waals surface area contributed by atoms with Crippen molar-refractivity contribution in [2.45, 2.75) is 18.9 Å². The van der Waals surface area contributed by atoms with Crippen molar-refractivity contribution in [3.05, 3.63) is 28.8 Å². The van der Waals surface area contributed by atoms with E-state index in [1.54, 1.807) is 18.2 Å². The van der Waals surface area contributed by atoms with Crippen LogP contribution in [0.2, 0.25) is 5.02 Å². The average molecular weight is 251 g/mol. The van der Waals surface area contributed by atoms with Crippen LogP contribution in [-0.2, 0) is 6.42 Å². The van der Waals surface area contributed by atoms with Crippen LogP contribution in [0.15, 0.2) is 18.2 Å². The highest BCUT2D eigenvalue weighted by atomic mass is 35.5. The Kier molecular flexibility index (Phi) is 4.92. The van der Waals surface area contributed by atoms with Gasteiger partial charge in [-0.1, -0.05) is 11.6 Å². The van der Waals surface area contributed by atoms with E-state index in [2.05, 4.69) is 5.43 Å². The zero-order valence-electron chi connectivity index (χ0n) is 8.71. The number of halogens is 3. The number of nitrogens with two attached hydrogens (primary N) is 1. The maximum absolute atomic E-state index is 12.5. The Morgan fingerprint density at radius 3 is 2.69 bits per heavy atom. The molecule has 0 aliphatic rings. The summed E-state index contributed by atoms with van der Waals surface area (Å²) in [4.78, 5) is 0. The second-order valence-electron chi connectivity index (χ2n) is 3.27. The van der Waals surface area contributed by atoms with E-state index >= 15 is 0 Å². The minimum Gasteiger partial charge on any atom is -0.496 e. The molecule has 0 aromatic heterocycles. The molecule has 0 spiro atoms. The molecule has 1 unspecified atom stereocenters. The molecule has 0 aliphatic heterocycles. The van der Waals surface area contributed by atoms with E-state index in [0.29, 0.717) is 16.3 Å². The van der Waals surface area contributed by atoms with E-state index in [0.717, 1.165) is 0 Å².